The molecule has 0 aliphatic heterocycles. The van der Waals surface area contributed by atoms with E-state index in [1.807, 2.05) is 12.1 Å². The number of non-ortho nitro benzene ring substituents is 1. The van der Waals surface area contributed by atoms with E-state index in [9.17, 15) is 10.1 Å². The molecule has 9 heteroatoms. The van der Waals surface area contributed by atoms with Crippen LogP contribution < -0.4 is 4.74 Å². The first kappa shape index (κ1) is 18.8. The molecular weight excluding hydrogens is 362 g/mol. The summed E-state index contributed by atoms with van der Waals surface area (Å²) in [6, 6.07) is 13.1. The van der Waals surface area contributed by atoms with Crippen LogP contribution in [-0.2, 0) is 11.4 Å². The van der Waals surface area contributed by atoms with Crippen LogP contribution in [0.1, 0.15) is 5.56 Å². The average Bonchev–Trinajstić information content (AvgIpc) is 3.22. The number of oxime groups is 1. The number of nitro benzene ring substituents is 1. The van der Waals surface area contributed by atoms with E-state index in [0.717, 1.165) is 5.56 Å². The highest BCUT2D eigenvalue weighted by molar-refractivity contribution is 6.00. The van der Waals surface area contributed by atoms with Gasteiger partial charge < -0.3 is 9.57 Å². The lowest BCUT2D eigenvalue weighted by atomic mass is 10.1. The number of rotatable bonds is 9. The van der Waals surface area contributed by atoms with Crippen molar-refractivity contribution >= 4 is 11.4 Å². The van der Waals surface area contributed by atoms with Gasteiger partial charge in [0.05, 0.1) is 11.5 Å². The van der Waals surface area contributed by atoms with E-state index in [1.165, 1.54) is 18.5 Å². The first-order valence-corrected chi connectivity index (χ1v) is 8.30. The zero-order valence-electron chi connectivity index (χ0n) is 14.8. The van der Waals surface area contributed by atoms with Gasteiger partial charge in [0.25, 0.3) is 5.69 Å². The van der Waals surface area contributed by atoms with E-state index in [4.69, 9.17) is 9.57 Å². The van der Waals surface area contributed by atoms with Crippen molar-refractivity contribution in [2.24, 2.45) is 5.16 Å². The molecule has 3 rings (SSSR count). The van der Waals surface area contributed by atoms with Gasteiger partial charge in [0.1, 0.15) is 36.5 Å². The molecule has 0 aliphatic rings. The maximum Gasteiger partial charge on any atom is 0.269 e. The SMILES string of the molecule is C=CCO/N=C(/Cn1cncn1)c1ccc(Oc2ccc([N+](=O)[O-])cc2)cc1. The summed E-state index contributed by atoms with van der Waals surface area (Å²) in [5.74, 6) is 1.09. The molecule has 0 fully saturated rings. The molecular formula is C19H17N5O4. The summed E-state index contributed by atoms with van der Waals surface area (Å²) >= 11 is 0. The van der Waals surface area contributed by atoms with Crippen molar-refractivity contribution in [2.45, 2.75) is 6.54 Å². The van der Waals surface area contributed by atoms with Crippen LogP contribution in [0.25, 0.3) is 0 Å². The van der Waals surface area contributed by atoms with Gasteiger partial charge in [-0.15, -0.1) is 0 Å². The van der Waals surface area contributed by atoms with Gasteiger partial charge in [-0.25, -0.2) is 9.67 Å². The largest absolute Gasteiger partial charge is 0.457 e. The van der Waals surface area contributed by atoms with E-state index >= 15 is 0 Å². The maximum atomic E-state index is 10.7. The molecule has 0 unspecified atom stereocenters. The molecule has 0 N–H and O–H groups in total. The third-order valence-corrected chi connectivity index (χ3v) is 3.62. The van der Waals surface area contributed by atoms with Crippen molar-refractivity contribution in [1.82, 2.24) is 14.8 Å². The summed E-state index contributed by atoms with van der Waals surface area (Å²) in [5, 5.41) is 18.9. The average molecular weight is 379 g/mol. The number of benzene rings is 2. The summed E-state index contributed by atoms with van der Waals surface area (Å²) < 4.78 is 7.35. The van der Waals surface area contributed by atoms with Crippen LogP contribution in [0.2, 0.25) is 0 Å². The highest BCUT2D eigenvalue weighted by atomic mass is 16.6. The molecule has 0 spiro atoms. The molecule has 0 saturated carbocycles. The van der Waals surface area contributed by atoms with Crippen LogP contribution in [0.3, 0.4) is 0 Å². The Bertz CT molecular complexity index is 951. The highest BCUT2D eigenvalue weighted by Gasteiger charge is 2.09. The summed E-state index contributed by atoms with van der Waals surface area (Å²) in [7, 11) is 0. The van der Waals surface area contributed by atoms with Gasteiger partial charge in [-0.1, -0.05) is 17.8 Å². The monoisotopic (exact) mass is 379 g/mol. The Hall–Kier alpha value is -4.01. The number of hydrogen-bond acceptors (Lipinski definition) is 7. The van der Waals surface area contributed by atoms with Gasteiger partial charge in [0.2, 0.25) is 0 Å². The van der Waals surface area contributed by atoms with Crippen molar-refractivity contribution in [3.05, 3.63) is 89.5 Å². The summed E-state index contributed by atoms with van der Waals surface area (Å²) in [5.41, 5.74) is 1.50. The number of ether oxygens (including phenoxy) is 1. The van der Waals surface area contributed by atoms with E-state index < -0.39 is 4.92 Å². The first-order chi connectivity index (χ1) is 13.7. The Morgan fingerprint density at radius 2 is 1.86 bits per heavy atom. The lowest BCUT2D eigenvalue weighted by Crippen LogP contribution is -2.13. The van der Waals surface area contributed by atoms with Crippen LogP contribution in [0.5, 0.6) is 11.5 Å². The quantitative estimate of drug-likeness (QED) is 0.185. The molecule has 28 heavy (non-hydrogen) atoms. The molecule has 0 bridgehead atoms. The second-order valence-corrected chi connectivity index (χ2v) is 5.59. The van der Waals surface area contributed by atoms with Crippen molar-refractivity contribution < 1.29 is 14.5 Å². The molecule has 1 heterocycles. The van der Waals surface area contributed by atoms with Gasteiger partial charge in [-0.05, 0) is 36.4 Å². The van der Waals surface area contributed by atoms with Gasteiger partial charge in [-0.2, -0.15) is 5.10 Å². The molecule has 0 radical (unpaired) electrons. The zero-order valence-corrected chi connectivity index (χ0v) is 14.8. The number of aromatic nitrogens is 3. The Labute approximate surface area is 160 Å². The Morgan fingerprint density at radius 3 is 2.43 bits per heavy atom. The minimum atomic E-state index is -0.455. The molecule has 9 nitrogen and oxygen atoms in total. The van der Waals surface area contributed by atoms with Gasteiger partial charge in [0.15, 0.2) is 0 Å². The number of nitro groups is 1. The van der Waals surface area contributed by atoms with Gasteiger partial charge >= 0.3 is 0 Å². The lowest BCUT2D eigenvalue weighted by molar-refractivity contribution is -0.384. The van der Waals surface area contributed by atoms with E-state index in [0.29, 0.717) is 30.4 Å². The van der Waals surface area contributed by atoms with E-state index in [2.05, 4.69) is 21.8 Å². The second kappa shape index (κ2) is 9.08. The predicted molar refractivity (Wildman–Crippen MR) is 102 cm³/mol. The second-order valence-electron chi connectivity index (χ2n) is 5.59. The minimum absolute atomic E-state index is 0.0104. The van der Waals surface area contributed by atoms with Crippen molar-refractivity contribution in [2.75, 3.05) is 6.61 Å². The first-order valence-electron chi connectivity index (χ1n) is 8.30. The van der Waals surface area contributed by atoms with Crippen LogP contribution in [0, 0.1) is 10.1 Å². The molecule has 0 saturated heterocycles. The summed E-state index contributed by atoms with van der Waals surface area (Å²) in [4.78, 5) is 19.4. The lowest BCUT2D eigenvalue weighted by Gasteiger charge is -2.09. The van der Waals surface area contributed by atoms with Gasteiger partial charge in [0, 0.05) is 17.7 Å². The third-order valence-electron chi connectivity index (χ3n) is 3.62. The van der Waals surface area contributed by atoms with Crippen molar-refractivity contribution in [1.29, 1.82) is 0 Å². The fourth-order valence-electron chi connectivity index (χ4n) is 2.30. The van der Waals surface area contributed by atoms with E-state index in [-0.39, 0.29) is 5.69 Å². The topological polar surface area (TPSA) is 105 Å². The fourth-order valence-corrected chi connectivity index (χ4v) is 2.30. The van der Waals surface area contributed by atoms with Gasteiger partial charge in [-0.3, -0.25) is 10.1 Å². The Kier molecular flexibility index (Phi) is 6.09. The number of nitrogens with zero attached hydrogens (tertiary/aromatic N) is 5. The molecule has 0 atom stereocenters. The van der Waals surface area contributed by atoms with Crippen LogP contribution in [-0.4, -0.2) is 32.0 Å². The van der Waals surface area contributed by atoms with Crippen LogP contribution >= 0.6 is 0 Å². The van der Waals surface area contributed by atoms with Crippen LogP contribution in [0.15, 0.2) is 79.0 Å². The molecule has 142 valence electrons. The Morgan fingerprint density at radius 1 is 1.18 bits per heavy atom. The highest BCUT2D eigenvalue weighted by Crippen LogP contribution is 2.24. The van der Waals surface area contributed by atoms with E-state index in [1.54, 1.807) is 41.4 Å². The molecule has 3 aromatic rings. The summed E-state index contributed by atoms with van der Waals surface area (Å²) in [6.07, 6.45) is 4.65. The number of hydrogen-bond donors (Lipinski definition) is 0. The third kappa shape index (κ3) is 5.01. The summed E-state index contributed by atoms with van der Waals surface area (Å²) in [6.45, 7) is 4.28. The van der Waals surface area contributed by atoms with Crippen LogP contribution in [0.4, 0.5) is 5.69 Å². The molecule has 0 aliphatic carbocycles. The minimum Gasteiger partial charge on any atom is -0.457 e. The zero-order chi connectivity index (χ0) is 19.8. The Balaban J connectivity index is 1.73. The standard InChI is InChI=1S/C19H17N5O4/c1-2-11-27-22-19(12-23-14-20-13-21-23)15-3-7-17(8-4-15)28-18-9-5-16(6-10-18)24(25)26/h2-10,13-14H,1,11-12H2/b22-19-. The molecule has 1 aromatic heterocycles. The van der Waals surface area contributed by atoms with Crippen molar-refractivity contribution in [3.8, 4) is 11.5 Å². The molecule has 0 amide bonds. The smallest absolute Gasteiger partial charge is 0.269 e. The predicted octanol–water partition coefficient (Wildman–Crippen LogP) is 3.59. The maximum absolute atomic E-state index is 10.7. The van der Waals surface area contributed by atoms with Crippen molar-refractivity contribution in [3.63, 3.8) is 0 Å². The fraction of sp³-hybridized carbons (Fsp3) is 0.105. The normalized spacial score (nSPS) is 11.1. The molecule has 2 aromatic carbocycles.